The van der Waals surface area contributed by atoms with Crippen molar-refractivity contribution in [3.8, 4) is 5.75 Å². The Bertz CT molecular complexity index is 928. The van der Waals surface area contributed by atoms with Gasteiger partial charge in [-0.05, 0) is 66.8 Å². The number of aromatic hydroxyl groups is 1. The van der Waals surface area contributed by atoms with Gasteiger partial charge in [0, 0.05) is 27.6 Å². The lowest BCUT2D eigenvalue weighted by molar-refractivity contribution is 0.474. The Morgan fingerprint density at radius 3 is 2.27 bits per heavy atom. The van der Waals surface area contributed by atoms with Crippen molar-refractivity contribution in [2.75, 3.05) is 10.6 Å². The van der Waals surface area contributed by atoms with Crippen LogP contribution in [0.1, 0.15) is 5.56 Å². The third-order valence-electron chi connectivity index (χ3n) is 3.50. The van der Waals surface area contributed by atoms with Crippen LogP contribution in [0.3, 0.4) is 0 Å². The molecule has 0 heterocycles. The van der Waals surface area contributed by atoms with Crippen LogP contribution in [-0.4, -0.2) is 16.4 Å². The summed E-state index contributed by atoms with van der Waals surface area (Å²) in [6, 6.07) is 22.5. The fraction of sp³-hybridized carbons (Fsp3) is 0. The van der Waals surface area contributed by atoms with Gasteiger partial charge in [0.2, 0.25) is 0 Å². The molecule has 0 saturated carbocycles. The van der Waals surface area contributed by atoms with Crippen LogP contribution in [0.15, 0.2) is 82.3 Å². The van der Waals surface area contributed by atoms with Crippen LogP contribution >= 0.6 is 28.1 Å². The quantitative estimate of drug-likeness (QED) is 0.369. The van der Waals surface area contributed by atoms with E-state index in [1.165, 1.54) is 0 Å². The summed E-state index contributed by atoms with van der Waals surface area (Å²) < 4.78 is 0.885. The Kier molecular flexibility index (Phi) is 5.99. The van der Waals surface area contributed by atoms with Crippen molar-refractivity contribution in [3.05, 3.63) is 82.8 Å². The molecule has 3 aromatic carbocycles. The van der Waals surface area contributed by atoms with Gasteiger partial charge in [-0.3, -0.25) is 4.99 Å². The maximum absolute atomic E-state index is 9.83. The minimum Gasteiger partial charge on any atom is -0.507 e. The number of anilines is 2. The number of hydrogen-bond donors (Lipinski definition) is 3. The molecule has 0 aliphatic carbocycles. The van der Waals surface area contributed by atoms with E-state index in [0.29, 0.717) is 10.7 Å². The summed E-state index contributed by atoms with van der Waals surface area (Å²) in [6.07, 6.45) is 1.63. The van der Waals surface area contributed by atoms with Crippen molar-refractivity contribution in [2.45, 2.75) is 0 Å². The molecule has 0 atom stereocenters. The van der Waals surface area contributed by atoms with Gasteiger partial charge in [-0.15, -0.1) is 0 Å². The van der Waals surface area contributed by atoms with Gasteiger partial charge in [-0.25, -0.2) is 0 Å². The van der Waals surface area contributed by atoms with Crippen LogP contribution in [0, 0.1) is 0 Å². The smallest absolute Gasteiger partial charge is 0.175 e. The molecule has 0 saturated heterocycles. The summed E-state index contributed by atoms with van der Waals surface area (Å²) in [5.74, 6) is 0.188. The predicted octanol–water partition coefficient (Wildman–Crippen LogP) is 5.71. The fourth-order valence-corrected chi connectivity index (χ4v) is 2.83. The van der Waals surface area contributed by atoms with Gasteiger partial charge in [0.05, 0.1) is 5.69 Å². The minimum atomic E-state index is 0.188. The summed E-state index contributed by atoms with van der Waals surface area (Å²) in [5, 5.41) is 16.6. The molecule has 4 nitrogen and oxygen atoms in total. The number of hydrogen-bond acceptors (Lipinski definition) is 3. The highest BCUT2D eigenvalue weighted by Crippen LogP contribution is 2.22. The molecule has 26 heavy (non-hydrogen) atoms. The standard InChI is InChI=1S/C20H16BrN3OS/c21-15-6-11-19(25)14(12-15)13-22-16-7-9-18(10-8-16)24-20(26)23-17-4-2-1-3-5-17/h1-13,25H,(H2,23,24,26). The van der Waals surface area contributed by atoms with E-state index >= 15 is 0 Å². The first kappa shape index (κ1) is 18.1. The Balaban J connectivity index is 1.62. The van der Waals surface area contributed by atoms with E-state index in [4.69, 9.17) is 12.2 Å². The lowest BCUT2D eigenvalue weighted by Crippen LogP contribution is -2.18. The molecule has 0 amide bonds. The second-order valence-corrected chi connectivity index (χ2v) is 6.78. The molecule has 0 aromatic heterocycles. The number of nitrogens with zero attached hydrogens (tertiary/aromatic N) is 1. The van der Waals surface area contributed by atoms with Gasteiger partial charge < -0.3 is 15.7 Å². The minimum absolute atomic E-state index is 0.188. The van der Waals surface area contributed by atoms with Crippen LogP contribution < -0.4 is 10.6 Å². The number of para-hydroxylation sites is 1. The molecule has 0 radical (unpaired) electrons. The molecule has 0 aliphatic heterocycles. The van der Waals surface area contributed by atoms with Crippen molar-refractivity contribution in [3.63, 3.8) is 0 Å². The molecule has 0 spiro atoms. The predicted molar refractivity (Wildman–Crippen MR) is 116 cm³/mol. The van der Waals surface area contributed by atoms with Crippen LogP contribution in [0.4, 0.5) is 17.1 Å². The average molecular weight is 426 g/mol. The largest absolute Gasteiger partial charge is 0.507 e. The Labute approximate surface area is 165 Å². The van der Waals surface area contributed by atoms with Crippen molar-refractivity contribution in [2.24, 2.45) is 4.99 Å². The third kappa shape index (κ3) is 5.15. The zero-order chi connectivity index (χ0) is 18.4. The molecule has 0 unspecified atom stereocenters. The third-order valence-corrected chi connectivity index (χ3v) is 4.20. The van der Waals surface area contributed by atoms with Crippen LogP contribution in [-0.2, 0) is 0 Å². The van der Waals surface area contributed by atoms with Gasteiger partial charge in [-0.1, -0.05) is 34.1 Å². The van der Waals surface area contributed by atoms with E-state index in [1.807, 2.05) is 60.7 Å². The van der Waals surface area contributed by atoms with Crippen molar-refractivity contribution >= 4 is 56.5 Å². The summed E-state index contributed by atoms with van der Waals surface area (Å²) in [6.45, 7) is 0. The number of halogens is 1. The highest BCUT2D eigenvalue weighted by atomic mass is 79.9. The first-order valence-corrected chi connectivity index (χ1v) is 9.06. The number of nitrogens with one attached hydrogen (secondary N) is 2. The SMILES string of the molecule is Oc1ccc(Br)cc1C=Nc1ccc(NC(=S)Nc2ccccc2)cc1. The van der Waals surface area contributed by atoms with Crippen molar-refractivity contribution in [1.29, 1.82) is 0 Å². The van der Waals surface area contributed by atoms with Gasteiger partial charge in [-0.2, -0.15) is 0 Å². The maximum Gasteiger partial charge on any atom is 0.175 e. The number of benzene rings is 3. The van der Waals surface area contributed by atoms with Crippen LogP contribution in [0.25, 0.3) is 0 Å². The summed E-state index contributed by atoms with van der Waals surface area (Å²) in [4.78, 5) is 4.38. The first-order chi connectivity index (χ1) is 12.6. The van der Waals surface area contributed by atoms with Crippen molar-refractivity contribution < 1.29 is 5.11 Å². The van der Waals surface area contributed by atoms with Crippen LogP contribution in [0.5, 0.6) is 5.75 Å². The average Bonchev–Trinajstić information content (AvgIpc) is 2.64. The highest BCUT2D eigenvalue weighted by molar-refractivity contribution is 9.10. The van der Waals surface area contributed by atoms with E-state index < -0.39 is 0 Å². The number of phenols is 1. The van der Waals surface area contributed by atoms with Crippen molar-refractivity contribution in [1.82, 2.24) is 0 Å². The topological polar surface area (TPSA) is 56.7 Å². The molecule has 3 rings (SSSR count). The Morgan fingerprint density at radius 1 is 0.923 bits per heavy atom. The van der Waals surface area contributed by atoms with E-state index in [0.717, 1.165) is 21.5 Å². The number of thiocarbonyl (C=S) groups is 1. The van der Waals surface area contributed by atoms with Gasteiger partial charge in [0.25, 0.3) is 0 Å². The Hall–Kier alpha value is -2.70. The summed E-state index contributed by atoms with van der Waals surface area (Å²) in [7, 11) is 0. The fourth-order valence-electron chi connectivity index (χ4n) is 2.22. The zero-order valence-electron chi connectivity index (χ0n) is 13.7. The molecule has 6 heteroatoms. The lowest BCUT2D eigenvalue weighted by Gasteiger charge is -2.10. The second kappa shape index (κ2) is 8.60. The maximum atomic E-state index is 9.83. The van der Waals surface area contributed by atoms with E-state index in [9.17, 15) is 5.11 Å². The zero-order valence-corrected chi connectivity index (χ0v) is 16.1. The molecule has 0 aliphatic rings. The molecular formula is C20H16BrN3OS. The molecule has 130 valence electrons. The summed E-state index contributed by atoms with van der Waals surface area (Å²) in [5.41, 5.74) is 3.22. The van der Waals surface area contributed by atoms with E-state index in [1.54, 1.807) is 18.3 Å². The monoisotopic (exact) mass is 425 g/mol. The van der Waals surface area contributed by atoms with Gasteiger partial charge in [0.15, 0.2) is 5.11 Å². The van der Waals surface area contributed by atoms with E-state index in [-0.39, 0.29) is 5.75 Å². The van der Waals surface area contributed by atoms with Gasteiger partial charge in [0.1, 0.15) is 5.75 Å². The molecule has 0 fully saturated rings. The highest BCUT2D eigenvalue weighted by Gasteiger charge is 2.00. The Morgan fingerprint density at radius 2 is 1.58 bits per heavy atom. The molecule has 3 N–H and O–H groups in total. The number of rotatable bonds is 4. The molecule has 3 aromatic rings. The first-order valence-electron chi connectivity index (χ1n) is 7.86. The van der Waals surface area contributed by atoms with Gasteiger partial charge >= 0.3 is 0 Å². The van der Waals surface area contributed by atoms with E-state index in [2.05, 4.69) is 31.6 Å². The molecular weight excluding hydrogens is 410 g/mol. The lowest BCUT2D eigenvalue weighted by atomic mass is 10.2. The molecule has 0 bridgehead atoms. The number of aliphatic imine (C=N–C) groups is 1. The normalized spacial score (nSPS) is 10.7. The summed E-state index contributed by atoms with van der Waals surface area (Å²) >= 11 is 8.69. The second-order valence-electron chi connectivity index (χ2n) is 5.45. The van der Waals surface area contributed by atoms with Crippen LogP contribution in [0.2, 0.25) is 0 Å². The number of phenolic OH excluding ortho intramolecular Hbond substituents is 1.